The summed E-state index contributed by atoms with van der Waals surface area (Å²) in [5.41, 5.74) is 3.09. The highest BCUT2D eigenvalue weighted by molar-refractivity contribution is 5.28. The molecule has 1 aromatic carbocycles. The third-order valence-electron chi connectivity index (χ3n) is 2.96. The zero-order chi connectivity index (χ0) is 14.6. The van der Waals surface area contributed by atoms with Crippen LogP contribution in [-0.2, 0) is 12.6 Å². The first kappa shape index (κ1) is 14.5. The molecule has 0 saturated carbocycles. The van der Waals surface area contributed by atoms with E-state index < -0.39 is 17.8 Å². The van der Waals surface area contributed by atoms with Gasteiger partial charge in [-0.3, -0.25) is 16.3 Å². The number of rotatable bonds is 4. The van der Waals surface area contributed by atoms with Gasteiger partial charge in [0.15, 0.2) is 0 Å². The number of aromatic nitrogens is 1. The molecule has 6 heteroatoms. The summed E-state index contributed by atoms with van der Waals surface area (Å²) in [4.78, 5) is 4.15. The molecule has 1 heterocycles. The maximum absolute atomic E-state index is 12.7. The van der Waals surface area contributed by atoms with E-state index >= 15 is 0 Å². The maximum atomic E-state index is 12.7. The Hall–Kier alpha value is -1.92. The molecule has 3 N–H and O–H groups in total. The topological polar surface area (TPSA) is 50.9 Å². The molecule has 20 heavy (non-hydrogen) atoms. The summed E-state index contributed by atoms with van der Waals surface area (Å²) in [6, 6.07) is 10.1. The number of nitrogens with zero attached hydrogens (tertiary/aromatic N) is 1. The lowest BCUT2D eigenvalue weighted by atomic mass is 10.00. The van der Waals surface area contributed by atoms with Gasteiger partial charge in [-0.05, 0) is 29.8 Å². The third kappa shape index (κ3) is 3.55. The highest BCUT2D eigenvalue weighted by Gasteiger charge is 2.30. The number of hydrogen-bond donors (Lipinski definition) is 2. The first-order valence-electron chi connectivity index (χ1n) is 6.04. The second-order valence-electron chi connectivity index (χ2n) is 4.37. The smallest absolute Gasteiger partial charge is 0.271 e. The van der Waals surface area contributed by atoms with Crippen LogP contribution in [0.3, 0.4) is 0 Å². The Labute approximate surface area is 114 Å². The van der Waals surface area contributed by atoms with E-state index in [-0.39, 0.29) is 0 Å². The van der Waals surface area contributed by atoms with Crippen LogP contribution in [0.1, 0.15) is 22.9 Å². The summed E-state index contributed by atoms with van der Waals surface area (Å²) in [6.45, 7) is 0. The van der Waals surface area contributed by atoms with Crippen molar-refractivity contribution in [3.8, 4) is 0 Å². The van der Waals surface area contributed by atoms with Crippen molar-refractivity contribution in [3.05, 3.63) is 65.5 Å². The van der Waals surface area contributed by atoms with Crippen LogP contribution in [0.2, 0.25) is 0 Å². The van der Waals surface area contributed by atoms with Gasteiger partial charge >= 0.3 is 6.18 Å². The van der Waals surface area contributed by atoms with E-state index in [1.165, 1.54) is 6.07 Å². The van der Waals surface area contributed by atoms with E-state index in [9.17, 15) is 13.2 Å². The largest absolute Gasteiger partial charge is 0.416 e. The summed E-state index contributed by atoms with van der Waals surface area (Å²) in [7, 11) is 0. The van der Waals surface area contributed by atoms with Gasteiger partial charge in [0.25, 0.3) is 0 Å². The summed E-state index contributed by atoms with van der Waals surface area (Å²) in [5, 5.41) is 0. The Kier molecular flexibility index (Phi) is 4.36. The highest BCUT2D eigenvalue weighted by Crippen LogP contribution is 2.31. The Bertz CT molecular complexity index is 555. The van der Waals surface area contributed by atoms with Gasteiger partial charge in [0.05, 0.1) is 11.6 Å². The molecule has 0 fully saturated rings. The number of alkyl halides is 3. The van der Waals surface area contributed by atoms with Gasteiger partial charge < -0.3 is 0 Å². The van der Waals surface area contributed by atoms with Crippen LogP contribution < -0.4 is 11.3 Å². The van der Waals surface area contributed by atoms with Crippen LogP contribution >= 0.6 is 0 Å². The van der Waals surface area contributed by atoms with E-state index in [0.717, 1.165) is 17.8 Å². The Morgan fingerprint density at radius 1 is 1.15 bits per heavy atom. The van der Waals surface area contributed by atoms with Gasteiger partial charge in [0.1, 0.15) is 0 Å². The van der Waals surface area contributed by atoms with Gasteiger partial charge in [-0.15, -0.1) is 0 Å². The van der Waals surface area contributed by atoms with Crippen molar-refractivity contribution >= 4 is 0 Å². The number of nitrogens with two attached hydrogens (primary N) is 1. The lowest BCUT2D eigenvalue weighted by Gasteiger charge is -2.17. The second kappa shape index (κ2) is 6.02. The Morgan fingerprint density at radius 3 is 2.55 bits per heavy atom. The Morgan fingerprint density at radius 2 is 1.95 bits per heavy atom. The first-order valence-corrected chi connectivity index (χ1v) is 6.04. The molecule has 3 nitrogen and oxygen atoms in total. The third-order valence-corrected chi connectivity index (χ3v) is 2.96. The number of nitrogens with one attached hydrogen (secondary N) is 1. The van der Waals surface area contributed by atoms with Crippen molar-refractivity contribution in [2.45, 2.75) is 18.6 Å². The lowest BCUT2D eigenvalue weighted by Crippen LogP contribution is -2.30. The minimum atomic E-state index is -4.36. The fourth-order valence-corrected chi connectivity index (χ4v) is 1.93. The summed E-state index contributed by atoms with van der Waals surface area (Å²) < 4.78 is 38.1. The van der Waals surface area contributed by atoms with Crippen molar-refractivity contribution < 1.29 is 13.2 Å². The van der Waals surface area contributed by atoms with E-state index in [1.54, 1.807) is 24.4 Å². The van der Waals surface area contributed by atoms with Crippen LogP contribution in [0, 0.1) is 0 Å². The Balaban J connectivity index is 2.24. The van der Waals surface area contributed by atoms with E-state index in [1.807, 2.05) is 6.07 Å². The molecule has 0 aliphatic carbocycles. The molecule has 0 bridgehead atoms. The summed E-state index contributed by atoms with van der Waals surface area (Å²) in [5.74, 6) is 5.45. The van der Waals surface area contributed by atoms with Crippen LogP contribution in [0.4, 0.5) is 13.2 Å². The molecule has 1 unspecified atom stereocenters. The lowest BCUT2D eigenvalue weighted by molar-refractivity contribution is -0.137. The zero-order valence-corrected chi connectivity index (χ0v) is 10.6. The average Bonchev–Trinajstić information content (AvgIpc) is 2.45. The van der Waals surface area contributed by atoms with Crippen LogP contribution in [-0.4, -0.2) is 4.98 Å². The summed E-state index contributed by atoms with van der Waals surface area (Å²) >= 11 is 0. The van der Waals surface area contributed by atoms with Crippen LogP contribution in [0.15, 0.2) is 48.7 Å². The van der Waals surface area contributed by atoms with Crippen LogP contribution in [0.25, 0.3) is 0 Å². The van der Waals surface area contributed by atoms with Gasteiger partial charge in [-0.25, -0.2) is 0 Å². The fraction of sp³-hybridized carbons (Fsp3) is 0.214. The zero-order valence-electron chi connectivity index (χ0n) is 10.6. The minimum Gasteiger partial charge on any atom is -0.271 e. The number of benzene rings is 1. The molecule has 0 aliphatic rings. The van der Waals surface area contributed by atoms with Crippen molar-refractivity contribution in [2.24, 2.45) is 5.84 Å². The molecule has 1 aromatic heterocycles. The first-order chi connectivity index (χ1) is 9.50. The van der Waals surface area contributed by atoms with Crippen molar-refractivity contribution in [2.75, 3.05) is 0 Å². The van der Waals surface area contributed by atoms with E-state index in [2.05, 4.69) is 10.4 Å². The van der Waals surface area contributed by atoms with Crippen molar-refractivity contribution in [1.29, 1.82) is 0 Å². The monoisotopic (exact) mass is 281 g/mol. The quantitative estimate of drug-likeness (QED) is 0.669. The van der Waals surface area contributed by atoms with Crippen molar-refractivity contribution in [3.63, 3.8) is 0 Å². The molecule has 106 valence electrons. The van der Waals surface area contributed by atoms with E-state index in [0.29, 0.717) is 12.0 Å². The molecule has 2 rings (SSSR count). The van der Waals surface area contributed by atoms with Crippen LogP contribution in [0.5, 0.6) is 0 Å². The minimum absolute atomic E-state index is 0.415. The summed E-state index contributed by atoms with van der Waals surface area (Å²) in [6.07, 6.45) is -2.31. The number of hydrogen-bond acceptors (Lipinski definition) is 3. The molecular weight excluding hydrogens is 267 g/mol. The number of hydrazine groups is 1. The van der Waals surface area contributed by atoms with Gasteiger partial charge in [-0.2, -0.15) is 13.2 Å². The molecule has 1 atom stereocenters. The number of pyridine rings is 1. The van der Waals surface area contributed by atoms with Gasteiger partial charge in [-0.1, -0.05) is 18.2 Å². The molecule has 0 radical (unpaired) electrons. The second-order valence-corrected chi connectivity index (χ2v) is 4.37. The molecule has 2 aromatic rings. The predicted molar refractivity (Wildman–Crippen MR) is 69.4 cm³/mol. The number of halogens is 3. The predicted octanol–water partition coefficient (Wildman–Crippen LogP) is 2.85. The van der Waals surface area contributed by atoms with E-state index in [4.69, 9.17) is 5.84 Å². The van der Waals surface area contributed by atoms with Gasteiger partial charge in [0.2, 0.25) is 0 Å². The average molecular weight is 281 g/mol. The molecule has 0 saturated heterocycles. The molecule has 0 aliphatic heterocycles. The molecular formula is C14H14F3N3. The van der Waals surface area contributed by atoms with Gasteiger partial charge in [0, 0.05) is 18.3 Å². The SMILES string of the molecule is NNC(Cc1ccccn1)c1cccc(C(F)(F)F)c1. The maximum Gasteiger partial charge on any atom is 0.416 e. The van der Waals surface area contributed by atoms with Crippen molar-refractivity contribution in [1.82, 2.24) is 10.4 Å². The standard InChI is InChI=1S/C14H14F3N3/c15-14(16,17)11-5-3-4-10(8-11)13(20-18)9-12-6-1-2-7-19-12/h1-8,13,20H,9,18H2. The molecule has 0 spiro atoms. The normalized spacial score (nSPS) is 13.2. The fourth-order valence-electron chi connectivity index (χ4n) is 1.93. The molecule has 0 amide bonds. The highest BCUT2D eigenvalue weighted by atomic mass is 19.4.